The topological polar surface area (TPSA) is 77.1 Å². The second-order valence-electron chi connectivity index (χ2n) is 8.49. The van der Waals surface area contributed by atoms with E-state index in [4.69, 9.17) is 14.2 Å². The van der Waals surface area contributed by atoms with E-state index in [1.165, 1.54) is 0 Å². The summed E-state index contributed by atoms with van der Waals surface area (Å²) in [5, 5.41) is 3.05. The van der Waals surface area contributed by atoms with Gasteiger partial charge in [0.2, 0.25) is 11.8 Å². The first kappa shape index (κ1) is 24.1. The highest BCUT2D eigenvalue weighted by atomic mass is 16.5. The molecule has 3 aromatic carbocycles. The molecule has 2 atom stereocenters. The van der Waals surface area contributed by atoms with Gasteiger partial charge in [-0.3, -0.25) is 9.59 Å². The van der Waals surface area contributed by atoms with Crippen molar-refractivity contribution in [1.82, 2.24) is 0 Å². The van der Waals surface area contributed by atoms with Crippen LogP contribution in [-0.4, -0.2) is 33.1 Å². The fraction of sp³-hybridized carbons (Fsp3) is 0.286. The predicted molar refractivity (Wildman–Crippen MR) is 135 cm³/mol. The van der Waals surface area contributed by atoms with Crippen molar-refractivity contribution in [2.24, 2.45) is 5.92 Å². The average Bonchev–Trinajstić information content (AvgIpc) is 2.88. The van der Waals surface area contributed by atoms with Gasteiger partial charge in [-0.05, 0) is 61.4 Å². The van der Waals surface area contributed by atoms with Crippen LogP contribution in [0.25, 0.3) is 0 Å². The highest BCUT2D eigenvalue weighted by Gasteiger charge is 2.42. The number of para-hydroxylation sites is 1. The smallest absolute Gasteiger partial charge is 0.230 e. The number of nitrogens with one attached hydrogen (secondary N) is 1. The van der Waals surface area contributed by atoms with Crippen LogP contribution >= 0.6 is 0 Å². The van der Waals surface area contributed by atoms with Crippen molar-refractivity contribution in [1.29, 1.82) is 0 Å². The molecule has 3 aromatic rings. The molecule has 7 nitrogen and oxygen atoms in total. The minimum Gasteiger partial charge on any atom is -0.497 e. The maximum atomic E-state index is 13.7. The van der Waals surface area contributed by atoms with Crippen molar-refractivity contribution < 1.29 is 23.8 Å². The molecule has 2 amide bonds. The molecule has 1 heterocycles. The summed E-state index contributed by atoms with van der Waals surface area (Å²) in [5.41, 5.74) is 3.07. The van der Waals surface area contributed by atoms with E-state index in [9.17, 15) is 9.59 Å². The zero-order valence-electron chi connectivity index (χ0n) is 20.4. The van der Waals surface area contributed by atoms with Crippen molar-refractivity contribution in [3.05, 3.63) is 77.9 Å². The number of amides is 2. The van der Waals surface area contributed by atoms with E-state index in [1.807, 2.05) is 73.7 Å². The first-order valence-corrected chi connectivity index (χ1v) is 11.5. The molecule has 1 fully saturated rings. The summed E-state index contributed by atoms with van der Waals surface area (Å²) >= 11 is 0. The number of carbonyl (C=O) groups excluding carboxylic acids is 2. The Morgan fingerprint density at radius 2 is 1.63 bits per heavy atom. The van der Waals surface area contributed by atoms with E-state index in [0.29, 0.717) is 35.0 Å². The Kier molecular flexibility index (Phi) is 7.25. The Morgan fingerprint density at radius 1 is 0.914 bits per heavy atom. The summed E-state index contributed by atoms with van der Waals surface area (Å²) in [6.07, 6.45) is 0.662. The molecular weight excluding hydrogens is 444 g/mol. The van der Waals surface area contributed by atoms with Gasteiger partial charge < -0.3 is 24.4 Å². The molecule has 35 heavy (non-hydrogen) atoms. The Hall–Kier alpha value is -4.00. The van der Waals surface area contributed by atoms with Gasteiger partial charge in [-0.25, -0.2) is 0 Å². The Labute approximate surface area is 205 Å². The van der Waals surface area contributed by atoms with Crippen molar-refractivity contribution >= 4 is 23.2 Å². The molecule has 1 aliphatic rings. The summed E-state index contributed by atoms with van der Waals surface area (Å²) in [7, 11) is 4.76. The monoisotopic (exact) mass is 474 g/mol. The standard InChI is InChI=1S/C28H30N2O5/c1-18-9-15-25(35-4)23(17-18)29-28(32)22-14-16-26(31)30(19-10-12-20(33-2)13-11-19)27(22)21-7-5-6-8-24(21)34-3/h5-13,15,17,22,27H,14,16H2,1-4H3,(H,29,32)/t22-,27+/m0/s1. The van der Waals surface area contributed by atoms with E-state index < -0.39 is 12.0 Å². The highest BCUT2D eigenvalue weighted by molar-refractivity contribution is 6.01. The molecule has 0 bridgehead atoms. The van der Waals surface area contributed by atoms with Crippen LogP contribution < -0.4 is 24.4 Å². The van der Waals surface area contributed by atoms with Gasteiger partial charge in [-0.2, -0.15) is 0 Å². The van der Waals surface area contributed by atoms with Crippen LogP contribution in [0.4, 0.5) is 11.4 Å². The third kappa shape index (κ3) is 4.94. The van der Waals surface area contributed by atoms with Gasteiger partial charge in [-0.1, -0.05) is 24.3 Å². The van der Waals surface area contributed by atoms with Gasteiger partial charge in [0.25, 0.3) is 0 Å². The summed E-state index contributed by atoms with van der Waals surface area (Å²) < 4.78 is 16.4. The molecule has 0 aromatic heterocycles. The maximum absolute atomic E-state index is 13.7. The number of nitrogens with zero attached hydrogens (tertiary/aromatic N) is 1. The van der Waals surface area contributed by atoms with E-state index in [-0.39, 0.29) is 18.2 Å². The Balaban J connectivity index is 1.78. The van der Waals surface area contributed by atoms with Gasteiger partial charge in [0.15, 0.2) is 0 Å². The molecule has 4 rings (SSSR count). The van der Waals surface area contributed by atoms with Crippen molar-refractivity contribution in [3.63, 3.8) is 0 Å². The lowest BCUT2D eigenvalue weighted by molar-refractivity contribution is -0.126. The fourth-order valence-electron chi connectivity index (χ4n) is 4.63. The summed E-state index contributed by atoms with van der Waals surface area (Å²) in [6.45, 7) is 1.96. The SMILES string of the molecule is COc1ccc(N2C(=O)CC[C@H](C(=O)Nc3cc(C)ccc3OC)[C@H]2c2ccccc2OC)cc1. The molecule has 1 saturated heterocycles. The number of methoxy groups -OCH3 is 3. The second kappa shape index (κ2) is 10.5. The molecule has 0 unspecified atom stereocenters. The van der Waals surface area contributed by atoms with Gasteiger partial charge in [-0.15, -0.1) is 0 Å². The molecule has 182 valence electrons. The zero-order valence-corrected chi connectivity index (χ0v) is 20.4. The number of benzene rings is 3. The molecular formula is C28H30N2O5. The fourth-order valence-corrected chi connectivity index (χ4v) is 4.63. The lowest BCUT2D eigenvalue weighted by atomic mass is 9.82. The van der Waals surface area contributed by atoms with E-state index in [1.54, 1.807) is 26.2 Å². The predicted octanol–water partition coefficient (Wildman–Crippen LogP) is 5.14. The third-order valence-corrected chi connectivity index (χ3v) is 6.35. The van der Waals surface area contributed by atoms with Gasteiger partial charge in [0, 0.05) is 17.7 Å². The number of aryl methyl sites for hydroxylation is 1. The summed E-state index contributed by atoms with van der Waals surface area (Å²) in [4.78, 5) is 28.8. The third-order valence-electron chi connectivity index (χ3n) is 6.35. The number of carbonyl (C=O) groups is 2. The van der Waals surface area contributed by atoms with E-state index in [0.717, 1.165) is 11.1 Å². The van der Waals surface area contributed by atoms with E-state index >= 15 is 0 Å². The van der Waals surface area contributed by atoms with Gasteiger partial charge in [0.05, 0.1) is 39.0 Å². The number of anilines is 2. The van der Waals surface area contributed by atoms with Crippen molar-refractivity contribution in [2.45, 2.75) is 25.8 Å². The van der Waals surface area contributed by atoms with Gasteiger partial charge >= 0.3 is 0 Å². The first-order chi connectivity index (χ1) is 17.0. The van der Waals surface area contributed by atoms with Gasteiger partial charge in [0.1, 0.15) is 17.2 Å². The summed E-state index contributed by atoms with van der Waals surface area (Å²) in [6, 6.07) is 19.9. The normalized spacial score (nSPS) is 17.6. The minimum atomic E-state index is -0.559. The molecule has 0 radical (unpaired) electrons. The lowest BCUT2D eigenvalue weighted by Crippen LogP contribution is -2.47. The Bertz CT molecular complexity index is 1210. The maximum Gasteiger partial charge on any atom is 0.230 e. The van der Waals surface area contributed by atoms with Crippen molar-refractivity contribution in [2.75, 3.05) is 31.5 Å². The highest BCUT2D eigenvalue weighted by Crippen LogP contribution is 2.44. The number of hydrogen-bond donors (Lipinski definition) is 1. The van der Waals surface area contributed by atoms with Crippen LogP contribution in [0.2, 0.25) is 0 Å². The first-order valence-electron chi connectivity index (χ1n) is 11.5. The second-order valence-corrected chi connectivity index (χ2v) is 8.49. The molecule has 0 spiro atoms. The number of piperidine rings is 1. The lowest BCUT2D eigenvalue weighted by Gasteiger charge is -2.41. The van der Waals surface area contributed by atoms with Crippen LogP contribution in [0.5, 0.6) is 17.2 Å². The van der Waals surface area contributed by atoms with Crippen LogP contribution in [0, 0.1) is 12.8 Å². The van der Waals surface area contributed by atoms with Crippen molar-refractivity contribution in [3.8, 4) is 17.2 Å². The molecule has 1 N–H and O–H groups in total. The zero-order chi connectivity index (χ0) is 24.9. The minimum absolute atomic E-state index is 0.0525. The number of rotatable bonds is 7. The molecule has 7 heteroatoms. The molecule has 0 saturated carbocycles. The number of hydrogen-bond acceptors (Lipinski definition) is 5. The summed E-state index contributed by atoms with van der Waals surface area (Å²) in [5.74, 6) is 1.14. The number of ether oxygens (including phenoxy) is 3. The largest absolute Gasteiger partial charge is 0.497 e. The van der Waals surface area contributed by atoms with Crippen LogP contribution in [-0.2, 0) is 9.59 Å². The quantitative estimate of drug-likeness (QED) is 0.513. The Morgan fingerprint density at radius 3 is 2.31 bits per heavy atom. The molecule has 1 aliphatic heterocycles. The van der Waals surface area contributed by atoms with Crippen LogP contribution in [0.1, 0.15) is 30.0 Å². The van der Waals surface area contributed by atoms with E-state index in [2.05, 4.69) is 5.32 Å². The van der Waals surface area contributed by atoms with Crippen LogP contribution in [0.3, 0.4) is 0 Å². The average molecular weight is 475 g/mol. The molecule has 0 aliphatic carbocycles. The van der Waals surface area contributed by atoms with Crippen LogP contribution in [0.15, 0.2) is 66.7 Å².